The molecule has 1 atom stereocenters. The summed E-state index contributed by atoms with van der Waals surface area (Å²) < 4.78 is 1.71. The third kappa shape index (κ3) is 5.55. The number of nitrogens with one attached hydrogen (secondary N) is 2. The summed E-state index contributed by atoms with van der Waals surface area (Å²) in [6.45, 7) is 10.6. The van der Waals surface area contributed by atoms with Crippen LogP contribution in [-0.2, 0) is 23.7 Å². The highest BCUT2D eigenvalue weighted by Crippen LogP contribution is 2.43. The maximum atomic E-state index is 13.5. The summed E-state index contributed by atoms with van der Waals surface area (Å²) in [5, 5.41) is 12.9. The molecule has 4 N–H and O–H groups in total. The van der Waals surface area contributed by atoms with Crippen molar-refractivity contribution in [2.75, 3.05) is 31.9 Å². The standard InChI is InChI=1S/C29H41N9O2S/c1-17-5-9-37(10-6-17)20-7-11-38(12-8-20)21(39)13-19-16-41-28(32-19)34-26(40)24-22-25(36(4)35-24)23-18(14-29(22,2)3)15-31-27(30)33-23/h15-17,20,28,32H,5-14H2,1-4H3,(H,34,40)(H2,30,31,33). The molecular weight excluding hydrogens is 538 g/mol. The molecule has 220 valence electrons. The molecule has 2 aromatic rings. The van der Waals surface area contributed by atoms with E-state index in [1.54, 1.807) is 10.9 Å². The molecule has 6 rings (SSSR count). The number of hydrogen-bond donors (Lipinski definition) is 3. The van der Waals surface area contributed by atoms with Crippen molar-refractivity contribution in [2.24, 2.45) is 13.0 Å². The summed E-state index contributed by atoms with van der Waals surface area (Å²) in [6, 6.07) is 0.603. The molecule has 0 spiro atoms. The molecule has 1 unspecified atom stereocenters. The number of aryl methyl sites for hydroxylation is 1. The Kier molecular flexibility index (Phi) is 7.48. The average Bonchev–Trinajstić information content (AvgIpc) is 3.54. The van der Waals surface area contributed by atoms with Crippen LogP contribution in [-0.4, -0.2) is 79.1 Å². The molecule has 3 aliphatic heterocycles. The molecule has 5 heterocycles. The van der Waals surface area contributed by atoms with Crippen molar-refractivity contribution < 1.29 is 9.59 Å². The fourth-order valence-corrected chi connectivity index (χ4v) is 7.65. The number of amides is 2. The van der Waals surface area contributed by atoms with Gasteiger partial charge in [-0.25, -0.2) is 9.97 Å². The van der Waals surface area contributed by atoms with E-state index in [2.05, 4.69) is 51.4 Å². The maximum Gasteiger partial charge on any atom is 0.274 e. The summed E-state index contributed by atoms with van der Waals surface area (Å²) in [7, 11) is 1.82. The van der Waals surface area contributed by atoms with E-state index in [1.165, 1.54) is 37.7 Å². The highest BCUT2D eigenvalue weighted by Gasteiger charge is 2.40. The normalized spacial score (nSPS) is 23.0. The number of piperidine rings is 2. The van der Waals surface area contributed by atoms with E-state index >= 15 is 0 Å². The van der Waals surface area contributed by atoms with E-state index in [0.29, 0.717) is 24.6 Å². The Bertz CT molecular complexity index is 1370. The smallest absolute Gasteiger partial charge is 0.274 e. The monoisotopic (exact) mass is 579 g/mol. The van der Waals surface area contributed by atoms with Gasteiger partial charge >= 0.3 is 0 Å². The molecule has 41 heavy (non-hydrogen) atoms. The van der Waals surface area contributed by atoms with Crippen LogP contribution in [0, 0.1) is 5.92 Å². The molecule has 2 saturated heterocycles. The molecule has 4 aliphatic rings. The number of hydrogen-bond acceptors (Lipinski definition) is 9. The first kappa shape index (κ1) is 28.0. The maximum absolute atomic E-state index is 13.5. The molecule has 0 bridgehead atoms. The van der Waals surface area contributed by atoms with Crippen molar-refractivity contribution in [2.45, 2.75) is 76.3 Å². The minimum absolute atomic E-state index is 0.141. The fourth-order valence-electron chi connectivity index (χ4n) is 6.80. The minimum atomic E-state index is -0.368. The van der Waals surface area contributed by atoms with Crippen LogP contribution in [0.5, 0.6) is 0 Å². The Morgan fingerprint density at radius 3 is 2.63 bits per heavy atom. The van der Waals surface area contributed by atoms with Gasteiger partial charge in [0.1, 0.15) is 0 Å². The van der Waals surface area contributed by atoms with E-state index in [0.717, 1.165) is 60.1 Å². The molecule has 2 fully saturated rings. The number of fused-ring (bicyclic) bond motifs is 3. The first-order valence-electron chi connectivity index (χ1n) is 14.7. The Morgan fingerprint density at radius 2 is 1.90 bits per heavy atom. The third-order valence-corrected chi connectivity index (χ3v) is 10.0. The van der Waals surface area contributed by atoms with E-state index in [-0.39, 0.29) is 28.7 Å². The summed E-state index contributed by atoms with van der Waals surface area (Å²) in [6.07, 6.45) is 7.43. The van der Waals surface area contributed by atoms with Crippen LogP contribution in [0.25, 0.3) is 11.4 Å². The van der Waals surface area contributed by atoms with Gasteiger partial charge in [0.25, 0.3) is 5.91 Å². The number of rotatable bonds is 5. The van der Waals surface area contributed by atoms with Gasteiger partial charge in [0.05, 0.1) is 17.8 Å². The zero-order valence-corrected chi connectivity index (χ0v) is 25.3. The number of nitrogens with zero attached hydrogens (tertiary/aromatic N) is 6. The van der Waals surface area contributed by atoms with E-state index in [1.807, 2.05) is 17.4 Å². The van der Waals surface area contributed by atoms with Crippen LogP contribution >= 0.6 is 11.8 Å². The summed E-state index contributed by atoms with van der Waals surface area (Å²) in [4.78, 5) is 39.9. The molecule has 12 heteroatoms. The molecule has 2 amide bonds. The van der Waals surface area contributed by atoms with Gasteiger partial charge in [-0.1, -0.05) is 32.5 Å². The Balaban J connectivity index is 1.04. The Labute approximate surface area is 245 Å². The van der Waals surface area contributed by atoms with Crippen molar-refractivity contribution >= 4 is 29.5 Å². The van der Waals surface area contributed by atoms with Gasteiger partial charge in [-0.05, 0) is 67.5 Å². The van der Waals surface area contributed by atoms with Crippen molar-refractivity contribution in [3.8, 4) is 11.4 Å². The summed E-state index contributed by atoms with van der Waals surface area (Å²) in [5.41, 5.74) is 9.77. The van der Waals surface area contributed by atoms with Crippen molar-refractivity contribution in [3.63, 3.8) is 0 Å². The van der Waals surface area contributed by atoms with Crippen LogP contribution in [0.2, 0.25) is 0 Å². The quantitative estimate of drug-likeness (QED) is 0.489. The number of anilines is 1. The number of carbonyl (C=O) groups is 2. The first-order chi connectivity index (χ1) is 19.6. The predicted molar refractivity (Wildman–Crippen MR) is 160 cm³/mol. The highest BCUT2D eigenvalue weighted by molar-refractivity contribution is 8.02. The third-order valence-electron chi connectivity index (χ3n) is 9.10. The van der Waals surface area contributed by atoms with Crippen LogP contribution in [0.4, 0.5) is 5.95 Å². The largest absolute Gasteiger partial charge is 0.368 e. The van der Waals surface area contributed by atoms with E-state index in [4.69, 9.17) is 5.73 Å². The second-order valence-corrected chi connectivity index (χ2v) is 13.6. The van der Waals surface area contributed by atoms with Crippen LogP contribution < -0.4 is 16.4 Å². The first-order valence-corrected chi connectivity index (χ1v) is 15.7. The van der Waals surface area contributed by atoms with Gasteiger partial charge in [-0.2, -0.15) is 5.10 Å². The van der Waals surface area contributed by atoms with E-state index < -0.39 is 0 Å². The minimum Gasteiger partial charge on any atom is -0.368 e. The zero-order valence-electron chi connectivity index (χ0n) is 24.4. The van der Waals surface area contributed by atoms with Crippen molar-refractivity contribution in [1.82, 2.24) is 40.2 Å². The number of nitrogens with two attached hydrogens (primary N) is 1. The second kappa shape index (κ2) is 10.9. The predicted octanol–water partition coefficient (Wildman–Crippen LogP) is 2.60. The number of aromatic nitrogens is 4. The van der Waals surface area contributed by atoms with Gasteiger partial charge in [-0.15, -0.1) is 0 Å². The van der Waals surface area contributed by atoms with Gasteiger partial charge in [0.15, 0.2) is 11.2 Å². The lowest BCUT2D eigenvalue weighted by atomic mass is 9.73. The average molecular weight is 580 g/mol. The fraction of sp³-hybridized carbons (Fsp3) is 0.621. The van der Waals surface area contributed by atoms with Gasteiger partial charge in [0, 0.05) is 43.6 Å². The van der Waals surface area contributed by atoms with Crippen molar-refractivity contribution in [1.29, 1.82) is 0 Å². The van der Waals surface area contributed by atoms with Crippen LogP contribution in [0.3, 0.4) is 0 Å². The lowest BCUT2D eigenvalue weighted by Crippen LogP contribution is -2.49. The van der Waals surface area contributed by atoms with E-state index in [9.17, 15) is 9.59 Å². The molecule has 11 nitrogen and oxygen atoms in total. The number of carbonyl (C=O) groups excluding carboxylic acids is 2. The number of nitrogen functional groups attached to an aromatic ring is 1. The molecule has 0 radical (unpaired) electrons. The lowest BCUT2D eigenvalue weighted by Gasteiger charge is -2.41. The second-order valence-electron chi connectivity index (χ2n) is 12.6. The van der Waals surface area contributed by atoms with Crippen LogP contribution in [0.1, 0.15) is 74.5 Å². The number of thioether (sulfide) groups is 1. The molecular formula is C29H41N9O2S. The van der Waals surface area contributed by atoms with Gasteiger partial charge in [0.2, 0.25) is 11.9 Å². The van der Waals surface area contributed by atoms with Gasteiger partial charge < -0.3 is 26.2 Å². The highest BCUT2D eigenvalue weighted by atomic mass is 32.2. The van der Waals surface area contributed by atoms with Gasteiger partial charge in [-0.3, -0.25) is 14.3 Å². The molecule has 0 aromatic carbocycles. The molecule has 1 aliphatic carbocycles. The zero-order chi connectivity index (χ0) is 28.9. The van der Waals surface area contributed by atoms with Crippen LogP contribution in [0.15, 0.2) is 17.3 Å². The number of likely N-dealkylation sites (tertiary alicyclic amines) is 2. The topological polar surface area (TPSA) is 134 Å². The molecule has 0 saturated carbocycles. The van der Waals surface area contributed by atoms with Crippen molar-refractivity contribution in [3.05, 3.63) is 34.1 Å². The SMILES string of the molecule is CC1CCN(C2CCN(C(=O)CC3=CSC(NC(=O)c4nn(C)c5c4C(C)(C)Cc4cnc(N)nc4-5)N3)CC2)CC1. The summed E-state index contributed by atoms with van der Waals surface area (Å²) >= 11 is 1.46. The Morgan fingerprint density at radius 1 is 1.17 bits per heavy atom. The molecule has 2 aromatic heterocycles. The lowest BCUT2D eigenvalue weighted by molar-refractivity contribution is -0.132. The Hall–Kier alpha value is -3.12. The summed E-state index contributed by atoms with van der Waals surface area (Å²) in [5.74, 6) is 0.908.